The maximum atomic E-state index is 11.4. The van der Waals surface area contributed by atoms with Crippen LogP contribution in [0, 0.1) is 27.7 Å². The predicted octanol–water partition coefficient (Wildman–Crippen LogP) is 4.70. The van der Waals surface area contributed by atoms with Crippen molar-refractivity contribution in [3.63, 3.8) is 0 Å². The summed E-state index contributed by atoms with van der Waals surface area (Å²) in [6.07, 6.45) is 0.0208. The number of carbonyl (C=O) groups is 1. The average molecular weight is 307 g/mol. The third-order valence-electron chi connectivity index (χ3n) is 4.47. The van der Waals surface area contributed by atoms with Crippen molar-refractivity contribution in [3.05, 3.63) is 58.1 Å². The number of aromatic nitrogens is 1. The van der Waals surface area contributed by atoms with Gasteiger partial charge in [-0.2, -0.15) is 0 Å². The lowest BCUT2D eigenvalue weighted by Crippen LogP contribution is -2.02. The lowest BCUT2D eigenvalue weighted by molar-refractivity contribution is -0.136. The van der Waals surface area contributed by atoms with Crippen LogP contribution in [0.5, 0.6) is 0 Å². The Morgan fingerprint density at radius 1 is 1.00 bits per heavy atom. The standard InChI is InChI=1S/C20H21NO2/c1-11-5-6-12(2)15(9-11)20-16(10-17(22)23)18-13(3)7-8-14(4)19(18)21-20/h5-9,21H,10H2,1-4H3,(H,22,23). The number of aliphatic carboxylic acids is 1. The summed E-state index contributed by atoms with van der Waals surface area (Å²) in [4.78, 5) is 14.9. The van der Waals surface area contributed by atoms with E-state index < -0.39 is 5.97 Å². The molecule has 1 aromatic heterocycles. The Morgan fingerprint density at radius 2 is 1.65 bits per heavy atom. The molecule has 1 heterocycles. The number of carboxylic acid groups (broad SMARTS) is 1. The van der Waals surface area contributed by atoms with Crippen LogP contribution >= 0.6 is 0 Å². The number of hydrogen-bond acceptors (Lipinski definition) is 1. The number of H-pyrrole nitrogens is 1. The molecule has 2 N–H and O–H groups in total. The van der Waals surface area contributed by atoms with Crippen molar-refractivity contribution in [1.29, 1.82) is 0 Å². The molecule has 3 rings (SSSR count). The summed E-state index contributed by atoms with van der Waals surface area (Å²) in [6, 6.07) is 10.4. The molecule has 0 atom stereocenters. The van der Waals surface area contributed by atoms with Gasteiger partial charge in [0.25, 0.3) is 0 Å². The first-order chi connectivity index (χ1) is 10.9. The average Bonchev–Trinajstić information content (AvgIpc) is 2.85. The molecule has 118 valence electrons. The van der Waals surface area contributed by atoms with Crippen molar-refractivity contribution in [2.45, 2.75) is 34.1 Å². The summed E-state index contributed by atoms with van der Waals surface area (Å²) in [6.45, 7) is 8.20. The fraction of sp³-hybridized carbons (Fsp3) is 0.250. The van der Waals surface area contributed by atoms with Crippen molar-refractivity contribution < 1.29 is 9.90 Å². The summed E-state index contributed by atoms with van der Waals surface area (Å²) >= 11 is 0. The second kappa shape index (κ2) is 5.58. The van der Waals surface area contributed by atoms with Crippen LogP contribution in [0.2, 0.25) is 0 Å². The van der Waals surface area contributed by atoms with Crippen LogP contribution in [-0.4, -0.2) is 16.1 Å². The third-order valence-corrected chi connectivity index (χ3v) is 4.47. The number of hydrogen-bond donors (Lipinski definition) is 2. The number of benzene rings is 2. The van der Waals surface area contributed by atoms with E-state index in [0.717, 1.165) is 44.4 Å². The summed E-state index contributed by atoms with van der Waals surface area (Å²) in [7, 11) is 0. The Hall–Kier alpha value is -2.55. The van der Waals surface area contributed by atoms with E-state index >= 15 is 0 Å². The number of carboxylic acids is 1. The molecule has 0 aliphatic rings. The molecule has 0 amide bonds. The fourth-order valence-electron chi connectivity index (χ4n) is 3.25. The molecule has 2 aromatic carbocycles. The van der Waals surface area contributed by atoms with Gasteiger partial charge in [-0.25, -0.2) is 0 Å². The van der Waals surface area contributed by atoms with Gasteiger partial charge in [0.1, 0.15) is 0 Å². The van der Waals surface area contributed by atoms with Crippen molar-refractivity contribution in [2.24, 2.45) is 0 Å². The molecular formula is C20H21NO2. The monoisotopic (exact) mass is 307 g/mol. The van der Waals surface area contributed by atoms with E-state index in [2.05, 4.69) is 56.1 Å². The van der Waals surface area contributed by atoms with E-state index in [4.69, 9.17) is 0 Å². The Kier molecular flexibility index (Phi) is 3.72. The number of rotatable bonds is 3. The molecule has 3 aromatic rings. The molecule has 3 nitrogen and oxygen atoms in total. The van der Waals surface area contributed by atoms with Gasteiger partial charge in [-0.15, -0.1) is 0 Å². The second-order valence-corrected chi connectivity index (χ2v) is 6.32. The largest absolute Gasteiger partial charge is 0.481 e. The SMILES string of the molecule is Cc1ccc(C)c(-c2[nH]c3c(C)ccc(C)c3c2CC(=O)O)c1. The van der Waals surface area contributed by atoms with Gasteiger partial charge in [0.15, 0.2) is 0 Å². The van der Waals surface area contributed by atoms with E-state index in [0.29, 0.717) is 0 Å². The number of fused-ring (bicyclic) bond motifs is 1. The second-order valence-electron chi connectivity index (χ2n) is 6.32. The quantitative estimate of drug-likeness (QED) is 0.737. The molecule has 0 aliphatic carbocycles. The molecule has 0 saturated carbocycles. The minimum Gasteiger partial charge on any atom is -0.481 e. The first-order valence-corrected chi connectivity index (χ1v) is 7.78. The number of aromatic amines is 1. The van der Waals surface area contributed by atoms with Crippen LogP contribution in [0.1, 0.15) is 27.8 Å². The smallest absolute Gasteiger partial charge is 0.307 e. The first-order valence-electron chi connectivity index (χ1n) is 7.78. The van der Waals surface area contributed by atoms with Crippen LogP contribution in [0.15, 0.2) is 30.3 Å². The van der Waals surface area contributed by atoms with Gasteiger partial charge in [0.2, 0.25) is 0 Å². The van der Waals surface area contributed by atoms with Gasteiger partial charge in [-0.1, -0.05) is 29.8 Å². The Balaban J connectivity index is 2.40. The molecular weight excluding hydrogens is 286 g/mol. The van der Waals surface area contributed by atoms with Gasteiger partial charge in [-0.05, 0) is 56.0 Å². The zero-order chi connectivity index (χ0) is 16.7. The Morgan fingerprint density at radius 3 is 2.35 bits per heavy atom. The summed E-state index contributed by atoms with van der Waals surface area (Å²) < 4.78 is 0. The highest BCUT2D eigenvalue weighted by atomic mass is 16.4. The first kappa shape index (κ1) is 15.3. The maximum absolute atomic E-state index is 11.4. The van der Waals surface area contributed by atoms with Crippen LogP contribution in [0.3, 0.4) is 0 Å². The van der Waals surface area contributed by atoms with Gasteiger partial charge in [0.05, 0.1) is 12.1 Å². The normalized spacial score (nSPS) is 11.1. The van der Waals surface area contributed by atoms with Crippen LogP contribution in [-0.2, 0) is 11.2 Å². The van der Waals surface area contributed by atoms with E-state index in [9.17, 15) is 9.90 Å². The van der Waals surface area contributed by atoms with Crippen molar-refractivity contribution in [2.75, 3.05) is 0 Å². The highest BCUT2D eigenvalue weighted by Gasteiger charge is 2.19. The maximum Gasteiger partial charge on any atom is 0.307 e. The minimum absolute atomic E-state index is 0.0208. The van der Waals surface area contributed by atoms with Crippen LogP contribution in [0.4, 0.5) is 0 Å². The van der Waals surface area contributed by atoms with Crippen LogP contribution in [0.25, 0.3) is 22.2 Å². The molecule has 0 fully saturated rings. The van der Waals surface area contributed by atoms with Gasteiger partial charge in [-0.3, -0.25) is 4.79 Å². The number of nitrogens with one attached hydrogen (secondary N) is 1. The zero-order valence-electron chi connectivity index (χ0n) is 13.9. The summed E-state index contributed by atoms with van der Waals surface area (Å²) in [5, 5.41) is 10.4. The summed E-state index contributed by atoms with van der Waals surface area (Å²) in [5.74, 6) is -0.807. The molecule has 3 heteroatoms. The lowest BCUT2D eigenvalue weighted by atomic mass is 9.96. The van der Waals surface area contributed by atoms with Gasteiger partial charge >= 0.3 is 5.97 Å². The lowest BCUT2D eigenvalue weighted by Gasteiger charge is -2.08. The topological polar surface area (TPSA) is 53.1 Å². The Bertz CT molecular complexity index is 919. The zero-order valence-corrected chi connectivity index (χ0v) is 13.9. The molecule has 0 saturated heterocycles. The highest BCUT2D eigenvalue weighted by molar-refractivity contribution is 5.97. The van der Waals surface area contributed by atoms with E-state index in [1.807, 2.05) is 6.92 Å². The van der Waals surface area contributed by atoms with E-state index in [-0.39, 0.29) is 6.42 Å². The van der Waals surface area contributed by atoms with Crippen LogP contribution < -0.4 is 0 Å². The molecule has 0 radical (unpaired) electrons. The fourth-order valence-corrected chi connectivity index (χ4v) is 3.25. The molecule has 23 heavy (non-hydrogen) atoms. The predicted molar refractivity (Wildman–Crippen MR) is 94.0 cm³/mol. The van der Waals surface area contributed by atoms with Crippen molar-refractivity contribution >= 4 is 16.9 Å². The van der Waals surface area contributed by atoms with Crippen molar-refractivity contribution in [1.82, 2.24) is 4.98 Å². The molecule has 0 spiro atoms. The number of aryl methyl sites for hydroxylation is 4. The minimum atomic E-state index is -0.807. The molecule has 0 aliphatic heterocycles. The molecule has 0 unspecified atom stereocenters. The molecule has 0 bridgehead atoms. The van der Waals surface area contributed by atoms with Gasteiger partial charge < -0.3 is 10.1 Å². The highest BCUT2D eigenvalue weighted by Crippen LogP contribution is 2.36. The van der Waals surface area contributed by atoms with E-state index in [1.54, 1.807) is 0 Å². The van der Waals surface area contributed by atoms with Crippen molar-refractivity contribution in [3.8, 4) is 11.3 Å². The van der Waals surface area contributed by atoms with Gasteiger partial charge in [0, 0.05) is 16.5 Å². The van der Waals surface area contributed by atoms with E-state index in [1.165, 1.54) is 5.56 Å². The third kappa shape index (κ3) is 2.63. The Labute approximate surface area is 136 Å². The summed E-state index contributed by atoms with van der Waals surface area (Å²) in [5.41, 5.74) is 8.48.